The summed E-state index contributed by atoms with van der Waals surface area (Å²) in [5.41, 5.74) is 3.81. The predicted molar refractivity (Wildman–Crippen MR) is 64.6 cm³/mol. The molecule has 0 aliphatic heterocycles. The molecule has 2 heterocycles. The Morgan fingerprint density at radius 1 is 1.19 bits per heavy atom. The number of aryl methyl sites for hydroxylation is 2. The molecule has 16 heavy (non-hydrogen) atoms. The first-order chi connectivity index (χ1) is 7.72. The topological polar surface area (TPSA) is 38.9 Å². The molecule has 4 heteroatoms. The fraction of sp³-hybridized carbons (Fsp3) is 0.167. The van der Waals surface area contributed by atoms with Crippen LogP contribution in [0.4, 0.5) is 0 Å². The van der Waals surface area contributed by atoms with Crippen molar-refractivity contribution < 1.29 is 4.42 Å². The van der Waals surface area contributed by atoms with Crippen LogP contribution in [0.3, 0.4) is 0 Å². The number of oxazole rings is 1. The fourth-order valence-electron chi connectivity index (χ4n) is 1.70. The van der Waals surface area contributed by atoms with Crippen LogP contribution in [0.2, 0.25) is 0 Å². The van der Waals surface area contributed by atoms with Gasteiger partial charge in [0.2, 0.25) is 0 Å². The van der Waals surface area contributed by atoms with Crippen LogP contribution in [0.1, 0.15) is 10.9 Å². The van der Waals surface area contributed by atoms with Crippen molar-refractivity contribution in [3.05, 3.63) is 34.5 Å². The number of hydrogen-bond acceptors (Lipinski definition) is 4. The Bertz CT molecular complexity index is 654. The van der Waals surface area contributed by atoms with Crippen LogP contribution in [0.15, 0.2) is 28.0 Å². The lowest BCUT2D eigenvalue weighted by molar-refractivity contribution is 0.561. The average Bonchev–Trinajstić information content (AvgIpc) is 2.81. The first-order valence-electron chi connectivity index (χ1n) is 5.02. The Labute approximate surface area is 96.8 Å². The van der Waals surface area contributed by atoms with Crippen LogP contribution in [-0.4, -0.2) is 9.97 Å². The van der Waals surface area contributed by atoms with Crippen LogP contribution in [0, 0.1) is 13.8 Å². The molecule has 0 bridgehead atoms. The molecule has 80 valence electrons. The van der Waals surface area contributed by atoms with Crippen molar-refractivity contribution in [1.82, 2.24) is 9.97 Å². The first-order valence-corrected chi connectivity index (χ1v) is 5.90. The Kier molecular flexibility index (Phi) is 2.04. The third-order valence-electron chi connectivity index (χ3n) is 2.41. The lowest BCUT2D eigenvalue weighted by Gasteiger charge is -1.94. The van der Waals surface area contributed by atoms with E-state index in [1.54, 1.807) is 11.3 Å². The van der Waals surface area contributed by atoms with Crippen molar-refractivity contribution in [2.24, 2.45) is 0 Å². The lowest BCUT2D eigenvalue weighted by Crippen LogP contribution is -1.78. The van der Waals surface area contributed by atoms with Gasteiger partial charge in [0.25, 0.3) is 0 Å². The second-order valence-corrected chi connectivity index (χ2v) is 4.73. The molecular formula is C12H10N2OS. The van der Waals surface area contributed by atoms with E-state index in [2.05, 4.69) is 15.3 Å². The predicted octanol–water partition coefficient (Wildman–Crippen LogP) is 3.57. The van der Waals surface area contributed by atoms with E-state index >= 15 is 0 Å². The van der Waals surface area contributed by atoms with Gasteiger partial charge in [0.05, 0.1) is 10.7 Å². The first kappa shape index (κ1) is 9.54. The maximum atomic E-state index is 5.44. The number of aromatic nitrogens is 2. The fourth-order valence-corrected chi connectivity index (χ4v) is 2.32. The third kappa shape index (κ3) is 1.51. The van der Waals surface area contributed by atoms with Gasteiger partial charge in [-0.05, 0) is 25.1 Å². The van der Waals surface area contributed by atoms with Crippen LogP contribution >= 0.6 is 11.3 Å². The molecule has 3 rings (SSSR count). The van der Waals surface area contributed by atoms with Gasteiger partial charge >= 0.3 is 0 Å². The Morgan fingerprint density at radius 3 is 2.81 bits per heavy atom. The molecule has 3 nitrogen and oxygen atoms in total. The van der Waals surface area contributed by atoms with Crippen LogP contribution < -0.4 is 0 Å². The zero-order valence-electron chi connectivity index (χ0n) is 9.02. The summed E-state index contributed by atoms with van der Waals surface area (Å²) in [6.07, 6.45) is 0. The second kappa shape index (κ2) is 3.42. The van der Waals surface area contributed by atoms with E-state index in [0.29, 0.717) is 5.89 Å². The normalized spacial score (nSPS) is 11.1. The van der Waals surface area contributed by atoms with Crippen LogP contribution in [-0.2, 0) is 0 Å². The van der Waals surface area contributed by atoms with Crippen molar-refractivity contribution in [3.8, 4) is 11.3 Å². The highest BCUT2D eigenvalue weighted by Gasteiger charge is 2.06. The number of benzene rings is 1. The summed E-state index contributed by atoms with van der Waals surface area (Å²) in [5.74, 6) is 0.696. The number of thiazole rings is 1. The Morgan fingerprint density at radius 2 is 2.06 bits per heavy atom. The van der Waals surface area contributed by atoms with Gasteiger partial charge in [-0.25, -0.2) is 9.97 Å². The number of rotatable bonds is 1. The van der Waals surface area contributed by atoms with Gasteiger partial charge < -0.3 is 4.42 Å². The molecule has 0 aliphatic rings. The van der Waals surface area contributed by atoms with E-state index in [9.17, 15) is 0 Å². The quantitative estimate of drug-likeness (QED) is 0.641. The highest BCUT2D eigenvalue weighted by Crippen LogP contribution is 2.25. The van der Waals surface area contributed by atoms with E-state index in [1.807, 2.05) is 32.0 Å². The summed E-state index contributed by atoms with van der Waals surface area (Å²) < 4.78 is 5.44. The van der Waals surface area contributed by atoms with Crippen LogP contribution in [0.25, 0.3) is 22.4 Å². The molecule has 0 radical (unpaired) electrons. The molecule has 0 saturated carbocycles. The minimum Gasteiger partial charge on any atom is -0.441 e. The van der Waals surface area contributed by atoms with E-state index in [1.165, 1.54) is 0 Å². The number of hydrogen-bond donors (Lipinski definition) is 0. The lowest BCUT2D eigenvalue weighted by atomic mass is 10.1. The van der Waals surface area contributed by atoms with Crippen molar-refractivity contribution >= 4 is 22.4 Å². The molecule has 0 aliphatic carbocycles. The van der Waals surface area contributed by atoms with Crippen LogP contribution in [0.5, 0.6) is 0 Å². The van der Waals surface area contributed by atoms with Gasteiger partial charge in [0.1, 0.15) is 5.52 Å². The molecule has 0 amide bonds. The molecule has 0 N–H and O–H groups in total. The standard InChI is InChI=1S/C12H10N2OS/c1-7-13-10-5-9(3-4-12(10)15-7)11-6-16-8(2)14-11/h3-6H,1-2H3. The molecule has 0 fully saturated rings. The van der Waals surface area contributed by atoms with E-state index in [0.717, 1.165) is 27.4 Å². The van der Waals surface area contributed by atoms with E-state index in [4.69, 9.17) is 4.42 Å². The number of fused-ring (bicyclic) bond motifs is 1. The van der Waals surface area contributed by atoms with Gasteiger partial charge in [0, 0.05) is 17.9 Å². The minimum atomic E-state index is 0.696. The summed E-state index contributed by atoms with van der Waals surface area (Å²) in [7, 11) is 0. The van der Waals surface area contributed by atoms with E-state index < -0.39 is 0 Å². The zero-order chi connectivity index (χ0) is 11.1. The summed E-state index contributed by atoms with van der Waals surface area (Å²) in [4.78, 5) is 8.77. The highest BCUT2D eigenvalue weighted by atomic mass is 32.1. The average molecular weight is 230 g/mol. The van der Waals surface area contributed by atoms with E-state index in [-0.39, 0.29) is 0 Å². The molecule has 1 aromatic carbocycles. The van der Waals surface area contributed by atoms with Gasteiger partial charge in [-0.3, -0.25) is 0 Å². The van der Waals surface area contributed by atoms with Crippen molar-refractivity contribution in [2.75, 3.05) is 0 Å². The van der Waals surface area contributed by atoms with Gasteiger partial charge in [0.15, 0.2) is 11.5 Å². The summed E-state index contributed by atoms with van der Waals surface area (Å²) in [6, 6.07) is 5.97. The van der Waals surface area contributed by atoms with Crippen molar-refractivity contribution in [2.45, 2.75) is 13.8 Å². The minimum absolute atomic E-state index is 0.696. The Balaban J connectivity index is 2.17. The largest absolute Gasteiger partial charge is 0.441 e. The maximum absolute atomic E-state index is 5.44. The maximum Gasteiger partial charge on any atom is 0.192 e. The van der Waals surface area contributed by atoms with Gasteiger partial charge in [-0.2, -0.15) is 0 Å². The molecule has 0 atom stereocenters. The van der Waals surface area contributed by atoms with Crippen molar-refractivity contribution in [1.29, 1.82) is 0 Å². The zero-order valence-corrected chi connectivity index (χ0v) is 9.84. The molecule has 0 unspecified atom stereocenters. The summed E-state index contributed by atoms with van der Waals surface area (Å²) >= 11 is 1.65. The monoisotopic (exact) mass is 230 g/mol. The van der Waals surface area contributed by atoms with Crippen molar-refractivity contribution in [3.63, 3.8) is 0 Å². The molecule has 0 saturated heterocycles. The van der Waals surface area contributed by atoms with Gasteiger partial charge in [-0.15, -0.1) is 11.3 Å². The number of nitrogens with zero attached hydrogens (tertiary/aromatic N) is 2. The SMILES string of the molecule is Cc1nc2cc(-c3csc(C)n3)ccc2o1. The van der Waals surface area contributed by atoms with Gasteiger partial charge in [-0.1, -0.05) is 0 Å². The second-order valence-electron chi connectivity index (χ2n) is 3.67. The molecule has 2 aromatic heterocycles. The Hall–Kier alpha value is -1.68. The summed E-state index contributed by atoms with van der Waals surface area (Å²) in [5, 5.41) is 3.13. The molecular weight excluding hydrogens is 220 g/mol. The summed E-state index contributed by atoms with van der Waals surface area (Å²) in [6.45, 7) is 3.86. The molecule has 3 aromatic rings. The highest BCUT2D eigenvalue weighted by molar-refractivity contribution is 7.09. The molecule has 0 spiro atoms. The third-order valence-corrected chi connectivity index (χ3v) is 3.18. The smallest absolute Gasteiger partial charge is 0.192 e.